The number of benzene rings is 3. The van der Waals surface area contributed by atoms with Gasteiger partial charge in [0.15, 0.2) is 0 Å². The van der Waals surface area contributed by atoms with E-state index in [4.69, 9.17) is 0 Å². The maximum Gasteiger partial charge on any atom is 0.319 e. The lowest BCUT2D eigenvalue weighted by molar-refractivity contribution is -0.116. The van der Waals surface area contributed by atoms with Crippen LogP contribution in [0.3, 0.4) is 0 Å². The molecule has 3 aromatic rings. The SMILES string of the molecule is O=C(CCNC(=O)Nc1ccccc1)Nc1ccccc1C(=O)NCc1ccccc1. The first-order valence-corrected chi connectivity index (χ1v) is 9.93. The lowest BCUT2D eigenvalue weighted by atomic mass is 10.1. The molecule has 31 heavy (non-hydrogen) atoms. The van der Waals surface area contributed by atoms with Gasteiger partial charge in [-0.2, -0.15) is 0 Å². The number of para-hydroxylation sites is 2. The van der Waals surface area contributed by atoms with E-state index in [1.807, 2.05) is 48.5 Å². The van der Waals surface area contributed by atoms with E-state index in [1.54, 1.807) is 36.4 Å². The molecule has 7 nitrogen and oxygen atoms in total. The number of nitrogens with one attached hydrogen (secondary N) is 4. The van der Waals surface area contributed by atoms with Crippen molar-refractivity contribution in [2.45, 2.75) is 13.0 Å². The van der Waals surface area contributed by atoms with Crippen LogP contribution < -0.4 is 21.3 Å². The van der Waals surface area contributed by atoms with E-state index in [-0.39, 0.29) is 30.8 Å². The Morgan fingerprint density at radius 1 is 0.677 bits per heavy atom. The number of hydrogen-bond acceptors (Lipinski definition) is 3. The standard InChI is InChI=1S/C24H24N4O3/c29-22(15-16-25-24(31)27-19-11-5-2-6-12-19)28-21-14-8-7-13-20(21)23(30)26-17-18-9-3-1-4-10-18/h1-14H,15-17H2,(H,26,30)(H,28,29)(H2,25,27,31). The van der Waals surface area contributed by atoms with Crippen molar-refractivity contribution in [3.8, 4) is 0 Å². The van der Waals surface area contributed by atoms with E-state index in [1.165, 1.54) is 0 Å². The molecule has 4 amide bonds. The molecular formula is C24H24N4O3. The number of amides is 4. The normalized spacial score (nSPS) is 10.1. The Morgan fingerprint density at radius 2 is 1.32 bits per heavy atom. The first-order valence-electron chi connectivity index (χ1n) is 9.93. The average molecular weight is 416 g/mol. The molecule has 0 saturated heterocycles. The molecule has 7 heteroatoms. The van der Waals surface area contributed by atoms with Gasteiger partial charge in [-0.25, -0.2) is 4.79 Å². The van der Waals surface area contributed by atoms with Gasteiger partial charge >= 0.3 is 6.03 Å². The molecule has 3 rings (SSSR count). The van der Waals surface area contributed by atoms with Gasteiger partial charge in [-0.05, 0) is 29.8 Å². The van der Waals surface area contributed by atoms with Gasteiger partial charge in [0, 0.05) is 25.2 Å². The van der Waals surface area contributed by atoms with Gasteiger partial charge in [-0.3, -0.25) is 9.59 Å². The number of hydrogen-bond donors (Lipinski definition) is 4. The summed E-state index contributed by atoms with van der Waals surface area (Å²) in [6.07, 6.45) is 0.0716. The van der Waals surface area contributed by atoms with E-state index in [0.717, 1.165) is 5.56 Å². The third-order valence-electron chi connectivity index (χ3n) is 4.41. The smallest absolute Gasteiger partial charge is 0.319 e. The molecule has 0 heterocycles. The Balaban J connectivity index is 1.47. The maximum atomic E-state index is 12.6. The third kappa shape index (κ3) is 7.01. The van der Waals surface area contributed by atoms with Gasteiger partial charge in [0.25, 0.3) is 5.91 Å². The van der Waals surface area contributed by atoms with Crippen molar-refractivity contribution in [2.24, 2.45) is 0 Å². The fourth-order valence-electron chi connectivity index (χ4n) is 2.86. The number of carbonyl (C=O) groups excluding carboxylic acids is 3. The topological polar surface area (TPSA) is 99.3 Å². The molecule has 0 aliphatic heterocycles. The van der Waals surface area contributed by atoms with Crippen LogP contribution in [0.2, 0.25) is 0 Å². The highest BCUT2D eigenvalue weighted by atomic mass is 16.2. The summed E-state index contributed by atoms with van der Waals surface area (Å²) in [5.74, 6) is -0.580. The minimum absolute atomic E-state index is 0.0716. The highest BCUT2D eigenvalue weighted by molar-refractivity contribution is 6.03. The van der Waals surface area contributed by atoms with E-state index < -0.39 is 0 Å². The van der Waals surface area contributed by atoms with E-state index in [9.17, 15) is 14.4 Å². The van der Waals surface area contributed by atoms with Crippen molar-refractivity contribution < 1.29 is 14.4 Å². The predicted octanol–water partition coefficient (Wildman–Crippen LogP) is 3.77. The second kappa shape index (κ2) is 11.2. The Hall–Kier alpha value is -4.13. The molecule has 0 unspecified atom stereocenters. The Morgan fingerprint density at radius 3 is 2.06 bits per heavy atom. The second-order valence-electron chi connectivity index (χ2n) is 6.76. The summed E-state index contributed by atoms with van der Waals surface area (Å²) in [4.78, 5) is 36.7. The summed E-state index contributed by atoms with van der Waals surface area (Å²) in [6, 6.07) is 25.0. The summed E-state index contributed by atoms with van der Waals surface area (Å²) in [5.41, 5.74) is 2.45. The molecule has 0 radical (unpaired) electrons. The summed E-state index contributed by atoms with van der Waals surface area (Å²) < 4.78 is 0. The van der Waals surface area contributed by atoms with Crippen molar-refractivity contribution >= 4 is 29.2 Å². The highest BCUT2D eigenvalue weighted by Crippen LogP contribution is 2.15. The van der Waals surface area contributed by atoms with Crippen molar-refractivity contribution in [2.75, 3.05) is 17.2 Å². The molecule has 0 spiro atoms. The third-order valence-corrected chi connectivity index (χ3v) is 4.41. The highest BCUT2D eigenvalue weighted by Gasteiger charge is 2.13. The fraction of sp³-hybridized carbons (Fsp3) is 0.125. The zero-order valence-electron chi connectivity index (χ0n) is 16.9. The number of carbonyl (C=O) groups is 3. The van der Waals surface area contributed by atoms with Crippen LogP contribution in [0, 0.1) is 0 Å². The van der Waals surface area contributed by atoms with E-state index >= 15 is 0 Å². The summed E-state index contributed by atoms with van der Waals surface area (Å²) in [7, 11) is 0. The zero-order valence-corrected chi connectivity index (χ0v) is 16.9. The molecule has 0 aliphatic rings. The molecule has 0 bridgehead atoms. The predicted molar refractivity (Wildman–Crippen MR) is 121 cm³/mol. The largest absolute Gasteiger partial charge is 0.348 e. The molecule has 3 aromatic carbocycles. The average Bonchev–Trinajstić information content (AvgIpc) is 2.79. The van der Waals surface area contributed by atoms with Crippen LogP contribution >= 0.6 is 0 Å². The van der Waals surface area contributed by atoms with E-state index in [0.29, 0.717) is 23.5 Å². The Kier molecular flexibility index (Phi) is 7.77. The van der Waals surface area contributed by atoms with Crippen LogP contribution in [0.15, 0.2) is 84.9 Å². The summed E-state index contributed by atoms with van der Waals surface area (Å²) >= 11 is 0. The molecular weight excluding hydrogens is 392 g/mol. The Labute approximate surface area is 180 Å². The van der Waals surface area contributed by atoms with Crippen molar-refractivity contribution in [3.63, 3.8) is 0 Å². The van der Waals surface area contributed by atoms with Gasteiger partial charge in [-0.15, -0.1) is 0 Å². The van der Waals surface area contributed by atoms with Crippen molar-refractivity contribution in [1.29, 1.82) is 0 Å². The lowest BCUT2D eigenvalue weighted by Crippen LogP contribution is -2.31. The van der Waals surface area contributed by atoms with Crippen LogP contribution in [0.25, 0.3) is 0 Å². The monoisotopic (exact) mass is 416 g/mol. The molecule has 0 aromatic heterocycles. The van der Waals surface area contributed by atoms with Crippen LogP contribution in [-0.2, 0) is 11.3 Å². The molecule has 0 aliphatic carbocycles. The second-order valence-corrected chi connectivity index (χ2v) is 6.76. The molecule has 0 atom stereocenters. The number of urea groups is 1. The van der Waals surface area contributed by atoms with Gasteiger partial charge in [-0.1, -0.05) is 60.7 Å². The molecule has 0 saturated carbocycles. The fourth-order valence-corrected chi connectivity index (χ4v) is 2.86. The minimum atomic E-state index is -0.389. The summed E-state index contributed by atoms with van der Waals surface area (Å²) in [6.45, 7) is 0.551. The number of anilines is 2. The van der Waals surface area contributed by atoms with Gasteiger partial charge in [0.2, 0.25) is 5.91 Å². The van der Waals surface area contributed by atoms with Crippen LogP contribution in [0.5, 0.6) is 0 Å². The first kappa shape index (κ1) is 21.6. The van der Waals surface area contributed by atoms with Gasteiger partial charge in [0.05, 0.1) is 11.3 Å². The first-order chi connectivity index (χ1) is 15.1. The maximum absolute atomic E-state index is 12.6. The van der Waals surface area contributed by atoms with Gasteiger partial charge < -0.3 is 21.3 Å². The Bertz CT molecular complexity index is 1020. The van der Waals surface area contributed by atoms with Crippen molar-refractivity contribution in [3.05, 3.63) is 96.1 Å². The molecule has 0 fully saturated rings. The summed E-state index contributed by atoms with van der Waals surface area (Å²) in [5, 5.41) is 10.9. The van der Waals surface area contributed by atoms with E-state index in [2.05, 4.69) is 21.3 Å². The van der Waals surface area contributed by atoms with Gasteiger partial charge in [0.1, 0.15) is 0 Å². The lowest BCUT2D eigenvalue weighted by Gasteiger charge is -2.12. The van der Waals surface area contributed by atoms with Crippen LogP contribution in [-0.4, -0.2) is 24.4 Å². The van der Waals surface area contributed by atoms with Crippen LogP contribution in [0.4, 0.5) is 16.2 Å². The van der Waals surface area contributed by atoms with Crippen molar-refractivity contribution in [1.82, 2.24) is 10.6 Å². The van der Waals surface area contributed by atoms with Crippen LogP contribution in [0.1, 0.15) is 22.3 Å². The zero-order chi connectivity index (χ0) is 21.9. The minimum Gasteiger partial charge on any atom is -0.348 e. The quantitative estimate of drug-likeness (QED) is 0.450. The molecule has 4 N–H and O–H groups in total. The molecule has 158 valence electrons. The number of rotatable bonds is 8.